The minimum atomic E-state index is -2.63. The molecule has 3 heterocycles. The molecule has 0 spiro atoms. The van der Waals surface area contributed by atoms with Crippen molar-refractivity contribution in [2.75, 3.05) is 26.2 Å². The Balaban J connectivity index is 1.54. The molecule has 1 aromatic rings. The van der Waals surface area contributed by atoms with E-state index >= 15 is 0 Å². The topological polar surface area (TPSA) is 45.6 Å². The van der Waals surface area contributed by atoms with Crippen LogP contribution >= 0.6 is 0 Å². The van der Waals surface area contributed by atoms with Gasteiger partial charge in [0.25, 0.3) is 11.5 Å². The lowest BCUT2D eigenvalue weighted by Gasteiger charge is -2.33. The summed E-state index contributed by atoms with van der Waals surface area (Å²) in [5.41, 5.74) is 0.886. The van der Waals surface area contributed by atoms with E-state index in [9.17, 15) is 18.4 Å². The second kappa shape index (κ2) is 6.63. The summed E-state index contributed by atoms with van der Waals surface area (Å²) in [4.78, 5) is 27.9. The fraction of sp³-hybridized carbons (Fsp3) is 0.647. The molecule has 2 saturated heterocycles. The van der Waals surface area contributed by atoms with Gasteiger partial charge in [-0.3, -0.25) is 14.5 Å². The van der Waals surface area contributed by atoms with Crippen LogP contribution in [0.2, 0.25) is 0 Å². The fourth-order valence-electron chi connectivity index (χ4n) is 3.44. The fourth-order valence-corrected chi connectivity index (χ4v) is 3.44. The minimum absolute atomic E-state index is 0.00280. The first-order valence-electron chi connectivity index (χ1n) is 8.39. The maximum absolute atomic E-state index is 13.2. The van der Waals surface area contributed by atoms with Gasteiger partial charge in [-0.1, -0.05) is 0 Å². The quantitative estimate of drug-likeness (QED) is 0.838. The van der Waals surface area contributed by atoms with Gasteiger partial charge in [-0.25, -0.2) is 8.78 Å². The number of amides is 1. The highest BCUT2D eigenvalue weighted by Gasteiger charge is 2.38. The maximum Gasteiger partial charge on any atom is 0.251 e. The van der Waals surface area contributed by atoms with Gasteiger partial charge in [0.2, 0.25) is 5.91 Å². The molecular formula is C17H23F2N3O2. The highest BCUT2D eigenvalue weighted by atomic mass is 19.3. The van der Waals surface area contributed by atoms with Crippen LogP contribution in [0.4, 0.5) is 8.78 Å². The van der Waals surface area contributed by atoms with E-state index in [1.54, 1.807) is 24.2 Å². The number of hydrogen-bond donors (Lipinski definition) is 0. The summed E-state index contributed by atoms with van der Waals surface area (Å²) in [5.74, 6) is -2.75. The van der Waals surface area contributed by atoms with Gasteiger partial charge in [-0.2, -0.15) is 0 Å². The van der Waals surface area contributed by atoms with Crippen LogP contribution in [0, 0.1) is 5.92 Å². The molecular weight excluding hydrogens is 316 g/mol. The molecule has 1 unspecified atom stereocenters. The summed E-state index contributed by atoms with van der Waals surface area (Å²) >= 11 is 0. The highest BCUT2D eigenvalue weighted by molar-refractivity contribution is 5.79. The highest BCUT2D eigenvalue weighted by Crippen LogP contribution is 2.29. The molecule has 2 fully saturated rings. The molecule has 1 amide bonds. The van der Waals surface area contributed by atoms with E-state index in [0.717, 1.165) is 18.5 Å². The number of aryl methyl sites for hydroxylation is 1. The number of carbonyl (C=O) groups is 1. The number of halogens is 2. The third-order valence-corrected chi connectivity index (χ3v) is 5.00. The Labute approximate surface area is 139 Å². The van der Waals surface area contributed by atoms with Gasteiger partial charge in [-0.05, 0) is 24.6 Å². The lowest BCUT2D eigenvalue weighted by atomic mass is 10.0. The van der Waals surface area contributed by atoms with E-state index in [2.05, 4.69) is 4.90 Å². The number of hydrogen-bond acceptors (Lipinski definition) is 3. The van der Waals surface area contributed by atoms with Gasteiger partial charge in [0.15, 0.2) is 0 Å². The van der Waals surface area contributed by atoms with Crippen LogP contribution in [0.3, 0.4) is 0 Å². The van der Waals surface area contributed by atoms with E-state index in [1.165, 1.54) is 4.57 Å². The van der Waals surface area contributed by atoms with Gasteiger partial charge < -0.3 is 9.47 Å². The van der Waals surface area contributed by atoms with Gasteiger partial charge in [-0.15, -0.1) is 0 Å². The number of nitrogens with zero attached hydrogens (tertiary/aromatic N) is 3. The number of piperidine rings is 1. The van der Waals surface area contributed by atoms with Crippen molar-refractivity contribution >= 4 is 5.91 Å². The summed E-state index contributed by atoms with van der Waals surface area (Å²) in [6.45, 7) is 2.35. The standard InChI is InChI=1S/C17H23F2N3O2/c1-20-6-2-13(10-15(20)23)11-21-7-3-14(12-21)16(24)22-8-4-17(18,19)5-9-22/h2,6,10,14H,3-5,7-9,11-12H2,1H3. The monoisotopic (exact) mass is 339 g/mol. The first kappa shape index (κ1) is 17.1. The van der Waals surface area contributed by atoms with Crippen molar-refractivity contribution in [2.24, 2.45) is 13.0 Å². The molecule has 0 bridgehead atoms. The maximum atomic E-state index is 13.2. The van der Waals surface area contributed by atoms with Crippen LogP contribution in [-0.2, 0) is 18.4 Å². The van der Waals surface area contributed by atoms with Crippen molar-refractivity contribution in [3.05, 3.63) is 34.2 Å². The Kier molecular flexibility index (Phi) is 4.71. The Bertz CT molecular complexity index is 664. The smallest absolute Gasteiger partial charge is 0.251 e. The summed E-state index contributed by atoms with van der Waals surface area (Å²) in [6, 6.07) is 3.52. The predicted molar refractivity (Wildman–Crippen MR) is 85.8 cm³/mol. The third kappa shape index (κ3) is 3.83. The van der Waals surface area contributed by atoms with Crippen LogP contribution in [0.1, 0.15) is 24.8 Å². The zero-order chi connectivity index (χ0) is 17.3. The van der Waals surface area contributed by atoms with Crippen molar-refractivity contribution < 1.29 is 13.6 Å². The molecule has 0 N–H and O–H groups in total. The molecule has 1 aromatic heterocycles. The Morgan fingerprint density at radius 1 is 1.29 bits per heavy atom. The molecule has 0 aliphatic carbocycles. The van der Waals surface area contributed by atoms with E-state index in [4.69, 9.17) is 0 Å². The van der Waals surface area contributed by atoms with E-state index in [1.807, 2.05) is 6.07 Å². The molecule has 7 heteroatoms. The molecule has 3 rings (SSSR count). The van der Waals surface area contributed by atoms with Crippen LogP contribution in [-0.4, -0.2) is 52.4 Å². The number of likely N-dealkylation sites (tertiary alicyclic amines) is 2. The van der Waals surface area contributed by atoms with Gasteiger partial charge in [0, 0.05) is 58.3 Å². The zero-order valence-corrected chi connectivity index (χ0v) is 13.9. The normalized spacial score (nSPS) is 24.3. The summed E-state index contributed by atoms with van der Waals surface area (Å²) in [7, 11) is 1.71. The number of rotatable bonds is 3. The second-order valence-electron chi connectivity index (χ2n) is 6.89. The van der Waals surface area contributed by atoms with Crippen molar-refractivity contribution in [3.8, 4) is 0 Å². The minimum Gasteiger partial charge on any atom is -0.342 e. The van der Waals surface area contributed by atoms with Crippen LogP contribution in [0.15, 0.2) is 23.1 Å². The molecule has 132 valence electrons. The first-order chi connectivity index (χ1) is 11.3. The molecule has 0 saturated carbocycles. The van der Waals surface area contributed by atoms with E-state index < -0.39 is 5.92 Å². The number of alkyl halides is 2. The molecule has 1 atom stereocenters. The van der Waals surface area contributed by atoms with Crippen molar-refractivity contribution in [1.82, 2.24) is 14.4 Å². The predicted octanol–water partition coefficient (Wildman–Crippen LogP) is 1.46. The number of carbonyl (C=O) groups excluding carboxylic acids is 1. The number of aromatic nitrogens is 1. The van der Waals surface area contributed by atoms with Crippen LogP contribution < -0.4 is 5.56 Å². The molecule has 0 radical (unpaired) electrons. The Hall–Kier alpha value is -1.76. The van der Waals surface area contributed by atoms with Crippen molar-refractivity contribution in [1.29, 1.82) is 0 Å². The molecule has 0 aromatic carbocycles. The summed E-state index contributed by atoms with van der Waals surface area (Å²) in [6.07, 6.45) is 2.02. The van der Waals surface area contributed by atoms with Crippen LogP contribution in [0.5, 0.6) is 0 Å². The average molecular weight is 339 g/mol. The average Bonchev–Trinajstić information content (AvgIpc) is 2.99. The Morgan fingerprint density at radius 3 is 2.67 bits per heavy atom. The van der Waals surface area contributed by atoms with Gasteiger partial charge >= 0.3 is 0 Å². The zero-order valence-electron chi connectivity index (χ0n) is 13.9. The molecule has 5 nitrogen and oxygen atoms in total. The van der Waals surface area contributed by atoms with E-state index in [-0.39, 0.29) is 43.3 Å². The van der Waals surface area contributed by atoms with Crippen molar-refractivity contribution in [2.45, 2.75) is 31.7 Å². The lowest BCUT2D eigenvalue weighted by molar-refractivity contribution is -0.141. The molecule has 2 aliphatic rings. The van der Waals surface area contributed by atoms with E-state index in [0.29, 0.717) is 13.1 Å². The number of pyridine rings is 1. The first-order valence-corrected chi connectivity index (χ1v) is 8.39. The second-order valence-corrected chi connectivity index (χ2v) is 6.89. The SMILES string of the molecule is Cn1ccc(CN2CCC(C(=O)N3CCC(F)(F)CC3)C2)cc1=O. The summed E-state index contributed by atoms with van der Waals surface area (Å²) < 4.78 is 27.9. The Morgan fingerprint density at radius 2 is 2.00 bits per heavy atom. The largest absolute Gasteiger partial charge is 0.342 e. The van der Waals surface area contributed by atoms with Crippen molar-refractivity contribution in [3.63, 3.8) is 0 Å². The van der Waals surface area contributed by atoms with Gasteiger partial charge in [0.05, 0.1) is 5.92 Å². The molecule has 24 heavy (non-hydrogen) atoms. The third-order valence-electron chi connectivity index (χ3n) is 5.00. The molecule has 2 aliphatic heterocycles. The lowest BCUT2D eigenvalue weighted by Crippen LogP contribution is -2.45. The van der Waals surface area contributed by atoms with Gasteiger partial charge in [0.1, 0.15) is 0 Å². The summed E-state index contributed by atoms with van der Waals surface area (Å²) in [5, 5.41) is 0. The van der Waals surface area contributed by atoms with Crippen LogP contribution in [0.25, 0.3) is 0 Å².